The molecule has 3 rings (SSSR count). The molecule has 82 valence electrons. The standard InChI is InChI=1S/C13H9N3O/c17-13-10-7-9(11-3-1-2-6-14-11)4-5-12(10)15-8-16-13/h1-8H,(H,15,16,17). The van der Waals surface area contributed by atoms with E-state index >= 15 is 0 Å². The molecule has 4 heteroatoms. The van der Waals surface area contributed by atoms with Crippen LogP contribution in [0.4, 0.5) is 0 Å². The summed E-state index contributed by atoms with van der Waals surface area (Å²) in [5.74, 6) is -0.00668. The highest BCUT2D eigenvalue weighted by Gasteiger charge is 2.04. The van der Waals surface area contributed by atoms with Crippen molar-refractivity contribution < 1.29 is 5.11 Å². The molecule has 0 radical (unpaired) electrons. The van der Waals surface area contributed by atoms with Gasteiger partial charge in [-0.3, -0.25) is 4.98 Å². The van der Waals surface area contributed by atoms with E-state index in [-0.39, 0.29) is 5.88 Å². The molecule has 0 aliphatic carbocycles. The molecule has 0 fully saturated rings. The third kappa shape index (κ3) is 1.69. The largest absolute Gasteiger partial charge is 0.493 e. The third-order valence-electron chi connectivity index (χ3n) is 2.57. The van der Waals surface area contributed by atoms with Crippen LogP contribution in [0.25, 0.3) is 22.2 Å². The van der Waals surface area contributed by atoms with Crippen LogP contribution in [0.2, 0.25) is 0 Å². The molecule has 2 heterocycles. The molecule has 0 aliphatic rings. The average molecular weight is 223 g/mol. The van der Waals surface area contributed by atoms with Crippen molar-refractivity contribution in [3.8, 4) is 17.1 Å². The van der Waals surface area contributed by atoms with Gasteiger partial charge in [0.2, 0.25) is 5.88 Å². The number of rotatable bonds is 1. The number of pyridine rings is 1. The van der Waals surface area contributed by atoms with Crippen molar-refractivity contribution in [3.63, 3.8) is 0 Å². The van der Waals surface area contributed by atoms with Crippen LogP contribution in [0.3, 0.4) is 0 Å². The molecule has 1 aromatic carbocycles. The lowest BCUT2D eigenvalue weighted by Crippen LogP contribution is -1.86. The Labute approximate surface area is 97.6 Å². The molecule has 17 heavy (non-hydrogen) atoms. The van der Waals surface area contributed by atoms with E-state index in [9.17, 15) is 5.11 Å². The zero-order chi connectivity index (χ0) is 11.7. The van der Waals surface area contributed by atoms with Crippen molar-refractivity contribution in [1.29, 1.82) is 0 Å². The van der Waals surface area contributed by atoms with Crippen LogP contribution in [-0.4, -0.2) is 20.1 Å². The van der Waals surface area contributed by atoms with E-state index in [0.717, 1.165) is 16.8 Å². The summed E-state index contributed by atoms with van der Waals surface area (Å²) >= 11 is 0. The van der Waals surface area contributed by atoms with Gasteiger partial charge >= 0.3 is 0 Å². The Bertz CT molecular complexity index is 668. The lowest BCUT2D eigenvalue weighted by Gasteiger charge is -2.03. The van der Waals surface area contributed by atoms with Gasteiger partial charge in [-0.2, -0.15) is 0 Å². The van der Waals surface area contributed by atoms with E-state index < -0.39 is 0 Å². The molecular weight excluding hydrogens is 214 g/mol. The van der Waals surface area contributed by atoms with Crippen LogP contribution < -0.4 is 0 Å². The van der Waals surface area contributed by atoms with Gasteiger partial charge in [-0.1, -0.05) is 12.1 Å². The van der Waals surface area contributed by atoms with Crippen LogP contribution in [0.1, 0.15) is 0 Å². The first-order valence-electron chi connectivity index (χ1n) is 5.20. The van der Waals surface area contributed by atoms with Crippen LogP contribution in [0, 0.1) is 0 Å². The van der Waals surface area contributed by atoms with Gasteiger partial charge in [-0.05, 0) is 24.3 Å². The number of aromatic hydroxyl groups is 1. The van der Waals surface area contributed by atoms with Crippen molar-refractivity contribution in [2.45, 2.75) is 0 Å². The summed E-state index contributed by atoms with van der Waals surface area (Å²) in [6.45, 7) is 0. The summed E-state index contributed by atoms with van der Waals surface area (Å²) in [6.07, 6.45) is 3.08. The van der Waals surface area contributed by atoms with Gasteiger partial charge in [0.1, 0.15) is 6.33 Å². The Balaban J connectivity index is 2.23. The predicted octanol–water partition coefficient (Wildman–Crippen LogP) is 2.40. The van der Waals surface area contributed by atoms with E-state index in [1.54, 1.807) is 6.20 Å². The van der Waals surface area contributed by atoms with E-state index in [4.69, 9.17) is 0 Å². The molecule has 3 aromatic rings. The van der Waals surface area contributed by atoms with E-state index in [1.165, 1.54) is 6.33 Å². The van der Waals surface area contributed by atoms with Crippen molar-refractivity contribution in [3.05, 3.63) is 48.9 Å². The number of nitrogens with zero attached hydrogens (tertiary/aromatic N) is 3. The summed E-state index contributed by atoms with van der Waals surface area (Å²) in [7, 11) is 0. The number of hydrogen-bond acceptors (Lipinski definition) is 4. The Hall–Kier alpha value is -2.49. The van der Waals surface area contributed by atoms with Crippen molar-refractivity contribution in [2.24, 2.45) is 0 Å². The highest BCUT2D eigenvalue weighted by atomic mass is 16.3. The molecule has 0 spiro atoms. The van der Waals surface area contributed by atoms with E-state index in [0.29, 0.717) is 5.39 Å². The molecule has 0 aliphatic heterocycles. The quantitative estimate of drug-likeness (QED) is 0.688. The Morgan fingerprint density at radius 3 is 2.71 bits per heavy atom. The lowest BCUT2D eigenvalue weighted by atomic mass is 10.1. The molecule has 0 atom stereocenters. The second-order valence-corrected chi connectivity index (χ2v) is 3.64. The van der Waals surface area contributed by atoms with Crippen LogP contribution in [0.5, 0.6) is 5.88 Å². The highest BCUT2D eigenvalue weighted by Crippen LogP contribution is 2.25. The predicted molar refractivity (Wildman–Crippen MR) is 64.4 cm³/mol. The first-order valence-corrected chi connectivity index (χ1v) is 5.20. The normalized spacial score (nSPS) is 10.6. The molecule has 0 saturated carbocycles. The fourth-order valence-corrected chi connectivity index (χ4v) is 1.74. The monoisotopic (exact) mass is 223 g/mol. The van der Waals surface area contributed by atoms with Crippen LogP contribution in [0.15, 0.2) is 48.9 Å². The lowest BCUT2D eigenvalue weighted by molar-refractivity contribution is 0.459. The SMILES string of the molecule is Oc1ncnc2ccc(-c3ccccn3)cc12. The molecular formula is C13H9N3O. The Morgan fingerprint density at radius 1 is 0.941 bits per heavy atom. The van der Waals surface area contributed by atoms with E-state index in [2.05, 4.69) is 15.0 Å². The molecule has 4 nitrogen and oxygen atoms in total. The van der Waals surface area contributed by atoms with Gasteiger partial charge in [0.25, 0.3) is 0 Å². The maximum Gasteiger partial charge on any atom is 0.221 e. The topological polar surface area (TPSA) is 58.9 Å². The Morgan fingerprint density at radius 2 is 1.88 bits per heavy atom. The second kappa shape index (κ2) is 3.83. The molecule has 0 saturated heterocycles. The van der Waals surface area contributed by atoms with Crippen LogP contribution >= 0.6 is 0 Å². The molecule has 2 aromatic heterocycles. The zero-order valence-electron chi connectivity index (χ0n) is 8.91. The Kier molecular flexibility index (Phi) is 2.19. The minimum atomic E-state index is -0.00668. The summed E-state index contributed by atoms with van der Waals surface area (Å²) in [5.41, 5.74) is 2.51. The van der Waals surface area contributed by atoms with Crippen molar-refractivity contribution >= 4 is 10.9 Å². The zero-order valence-corrected chi connectivity index (χ0v) is 8.91. The van der Waals surface area contributed by atoms with Crippen molar-refractivity contribution in [1.82, 2.24) is 15.0 Å². The average Bonchev–Trinajstić information content (AvgIpc) is 2.40. The molecule has 0 amide bonds. The number of hydrogen-bond donors (Lipinski definition) is 1. The van der Waals surface area contributed by atoms with Gasteiger partial charge in [0.15, 0.2) is 0 Å². The second-order valence-electron chi connectivity index (χ2n) is 3.64. The fraction of sp³-hybridized carbons (Fsp3) is 0. The smallest absolute Gasteiger partial charge is 0.221 e. The highest BCUT2D eigenvalue weighted by molar-refractivity contribution is 5.87. The maximum absolute atomic E-state index is 9.67. The van der Waals surface area contributed by atoms with Crippen LogP contribution in [-0.2, 0) is 0 Å². The number of fused-ring (bicyclic) bond motifs is 1. The van der Waals surface area contributed by atoms with Gasteiger partial charge in [-0.25, -0.2) is 9.97 Å². The van der Waals surface area contributed by atoms with Crippen molar-refractivity contribution in [2.75, 3.05) is 0 Å². The fourth-order valence-electron chi connectivity index (χ4n) is 1.74. The maximum atomic E-state index is 9.67. The summed E-state index contributed by atoms with van der Waals surface area (Å²) in [5, 5.41) is 10.3. The van der Waals surface area contributed by atoms with Gasteiger partial charge in [0.05, 0.1) is 16.6 Å². The number of aromatic nitrogens is 3. The minimum Gasteiger partial charge on any atom is -0.493 e. The third-order valence-corrected chi connectivity index (χ3v) is 2.57. The summed E-state index contributed by atoms with van der Waals surface area (Å²) in [4.78, 5) is 12.1. The van der Waals surface area contributed by atoms with Gasteiger partial charge in [0, 0.05) is 11.8 Å². The van der Waals surface area contributed by atoms with Gasteiger partial charge < -0.3 is 5.11 Å². The summed E-state index contributed by atoms with van der Waals surface area (Å²) in [6, 6.07) is 11.3. The minimum absolute atomic E-state index is 0.00668. The molecule has 1 N–H and O–H groups in total. The summed E-state index contributed by atoms with van der Waals surface area (Å²) < 4.78 is 0. The van der Waals surface area contributed by atoms with Gasteiger partial charge in [-0.15, -0.1) is 0 Å². The first-order chi connectivity index (χ1) is 8.34. The molecule has 0 bridgehead atoms. The number of benzene rings is 1. The van der Waals surface area contributed by atoms with E-state index in [1.807, 2.05) is 36.4 Å². The molecule has 0 unspecified atom stereocenters. The first kappa shape index (κ1) is 9.72.